The zero-order valence-corrected chi connectivity index (χ0v) is 45.4. The molecule has 1 aliphatic heterocycles. The van der Waals surface area contributed by atoms with E-state index in [0.717, 1.165) is 89.9 Å². The minimum absolute atomic E-state index is 0.0216. The van der Waals surface area contributed by atoms with E-state index in [-0.39, 0.29) is 18.5 Å². The van der Waals surface area contributed by atoms with Crippen molar-refractivity contribution in [2.75, 3.05) is 19.8 Å². The summed E-state index contributed by atoms with van der Waals surface area (Å²) in [6.45, 7) is 4.24. The number of amides is 1. The molecule has 1 fully saturated rings. The van der Waals surface area contributed by atoms with Crippen LogP contribution >= 0.6 is 0 Å². The summed E-state index contributed by atoms with van der Waals surface area (Å²) in [5.74, 6) is -0.231. The van der Waals surface area contributed by atoms with Crippen LogP contribution in [0.2, 0.25) is 0 Å². The molecule has 1 rings (SSSR count). The quantitative estimate of drug-likeness (QED) is 0.0195. The van der Waals surface area contributed by atoms with Crippen LogP contribution in [0.25, 0.3) is 0 Å². The van der Waals surface area contributed by atoms with Gasteiger partial charge in [-0.05, 0) is 96.3 Å². The number of esters is 1. The lowest BCUT2D eigenvalue weighted by molar-refractivity contribution is -0.302. The van der Waals surface area contributed by atoms with Crippen LogP contribution in [0.1, 0.15) is 258 Å². The van der Waals surface area contributed by atoms with Crippen molar-refractivity contribution < 1.29 is 49.3 Å². The molecule has 414 valence electrons. The van der Waals surface area contributed by atoms with Gasteiger partial charge >= 0.3 is 5.97 Å². The summed E-state index contributed by atoms with van der Waals surface area (Å²) in [6.07, 6.45) is 52.2. The van der Waals surface area contributed by atoms with Gasteiger partial charge in [0.2, 0.25) is 5.91 Å². The smallest absolute Gasteiger partial charge is 0.305 e. The maximum absolute atomic E-state index is 13.0. The van der Waals surface area contributed by atoms with Crippen molar-refractivity contribution in [1.82, 2.24) is 5.32 Å². The maximum Gasteiger partial charge on any atom is 0.305 e. The number of rotatable bonds is 50. The standard InChI is InChI=1S/C60H109NO10/c1-3-5-7-9-11-13-14-15-16-22-25-28-32-36-40-44-48-56(65)69-49-45-41-37-33-29-26-23-20-18-17-19-21-24-27-31-35-39-43-47-55(64)61-52(53(63)46-42-38-34-30-12-10-8-6-4-2)51-70-60-59(68)58(67)57(66)54(50-62)71-60/h12,16,19,21-22,30,42,46,52-54,57-60,62-63,66-68H,3-11,13-15,17-18,20,23-29,31-41,43-45,47-51H2,1-2H3,(H,61,64)/b21-19-,22-16-,30-12+,46-42+. The van der Waals surface area contributed by atoms with Gasteiger partial charge in [0, 0.05) is 12.8 Å². The highest BCUT2D eigenvalue weighted by Crippen LogP contribution is 2.23. The molecular formula is C60H109NO10. The van der Waals surface area contributed by atoms with Crippen LogP contribution in [0.3, 0.4) is 0 Å². The van der Waals surface area contributed by atoms with E-state index in [1.165, 1.54) is 141 Å². The third kappa shape index (κ3) is 39.7. The Hall–Kier alpha value is -2.38. The average Bonchev–Trinajstić information content (AvgIpc) is 3.37. The van der Waals surface area contributed by atoms with Gasteiger partial charge in [-0.2, -0.15) is 0 Å². The maximum atomic E-state index is 13.0. The van der Waals surface area contributed by atoms with Gasteiger partial charge in [0.15, 0.2) is 6.29 Å². The fourth-order valence-electron chi connectivity index (χ4n) is 8.91. The summed E-state index contributed by atoms with van der Waals surface area (Å²) in [7, 11) is 0. The van der Waals surface area contributed by atoms with Gasteiger partial charge in [0.05, 0.1) is 32.0 Å². The van der Waals surface area contributed by atoms with E-state index < -0.39 is 49.5 Å². The zero-order chi connectivity index (χ0) is 51.7. The lowest BCUT2D eigenvalue weighted by Gasteiger charge is -2.40. The number of carbonyl (C=O) groups is 2. The Morgan fingerprint density at radius 2 is 0.915 bits per heavy atom. The molecule has 0 aromatic heterocycles. The van der Waals surface area contributed by atoms with E-state index in [0.29, 0.717) is 19.4 Å². The highest BCUT2D eigenvalue weighted by Gasteiger charge is 2.44. The van der Waals surface area contributed by atoms with Crippen LogP contribution in [0.5, 0.6) is 0 Å². The fourth-order valence-corrected chi connectivity index (χ4v) is 8.91. The second-order valence-electron chi connectivity index (χ2n) is 20.3. The third-order valence-electron chi connectivity index (χ3n) is 13.6. The lowest BCUT2D eigenvalue weighted by Crippen LogP contribution is -2.60. The van der Waals surface area contributed by atoms with Gasteiger partial charge in [-0.3, -0.25) is 9.59 Å². The Labute approximate surface area is 434 Å². The summed E-state index contributed by atoms with van der Waals surface area (Å²) in [6, 6.07) is -0.837. The first-order chi connectivity index (χ1) is 34.7. The van der Waals surface area contributed by atoms with Crippen molar-refractivity contribution in [3.05, 3.63) is 48.6 Å². The van der Waals surface area contributed by atoms with Crippen molar-refractivity contribution in [1.29, 1.82) is 0 Å². The molecule has 11 heteroatoms. The van der Waals surface area contributed by atoms with Gasteiger partial charge < -0.3 is 45.1 Å². The number of carbonyl (C=O) groups excluding carboxylic acids is 2. The Balaban J connectivity index is 2.05. The Morgan fingerprint density at radius 1 is 0.507 bits per heavy atom. The molecule has 0 spiro atoms. The minimum Gasteiger partial charge on any atom is -0.466 e. The Kier molecular flexibility index (Phi) is 46.7. The van der Waals surface area contributed by atoms with E-state index >= 15 is 0 Å². The molecule has 6 N–H and O–H groups in total. The summed E-state index contributed by atoms with van der Waals surface area (Å²) >= 11 is 0. The topological polar surface area (TPSA) is 175 Å². The summed E-state index contributed by atoms with van der Waals surface area (Å²) < 4.78 is 16.6. The molecule has 7 unspecified atom stereocenters. The molecule has 0 saturated carbocycles. The van der Waals surface area contributed by atoms with Crippen molar-refractivity contribution in [2.45, 2.75) is 301 Å². The first-order valence-corrected chi connectivity index (χ1v) is 29.4. The van der Waals surface area contributed by atoms with E-state index in [4.69, 9.17) is 14.2 Å². The molecule has 1 aliphatic rings. The predicted octanol–water partition coefficient (Wildman–Crippen LogP) is 13.3. The van der Waals surface area contributed by atoms with Crippen LogP contribution in [0, 0.1) is 0 Å². The Morgan fingerprint density at radius 3 is 1.42 bits per heavy atom. The van der Waals surface area contributed by atoms with Crippen LogP contribution in [0.4, 0.5) is 0 Å². The molecule has 7 atom stereocenters. The fraction of sp³-hybridized carbons (Fsp3) is 0.833. The van der Waals surface area contributed by atoms with Gasteiger partial charge in [0.1, 0.15) is 24.4 Å². The largest absolute Gasteiger partial charge is 0.466 e. The molecule has 0 aromatic carbocycles. The molecule has 0 aromatic rings. The van der Waals surface area contributed by atoms with Crippen molar-refractivity contribution in [3.8, 4) is 0 Å². The second kappa shape index (κ2) is 49.8. The monoisotopic (exact) mass is 1000 g/mol. The third-order valence-corrected chi connectivity index (χ3v) is 13.6. The number of hydrogen-bond donors (Lipinski definition) is 6. The van der Waals surface area contributed by atoms with Gasteiger partial charge in [0.25, 0.3) is 0 Å². The van der Waals surface area contributed by atoms with Gasteiger partial charge in [-0.25, -0.2) is 0 Å². The first kappa shape index (κ1) is 66.6. The Bertz CT molecular complexity index is 1320. The highest BCUT2D eigenvalue weighted by atomic mass is 16.7. The van der Waals surface area contributed by atoms with E-state index in [2.05, 4.69) is 55.6 Å². The van der Waals surface area contributed by atoms with Crippen LogP contribution in [-0.4, -0.2) is 100 Å². The number of nitrogens with one attached hydrogen (secondary N) is 1. The first-order valence-electron chi connectivity index (χ1n) is 29.4. The summed E-state index contributed by atoms with van der Waals surface area (Å²) in [5.41, 5.74) is 0. The number of hydrogen-bond acceptors (Lipinski definition) is 10. The number of aliphatic hydroxyl groups is 5. The SMILES string of the molecule is CCCCC/C=C/CC/C=C/C(O)C(COC1OC(CO)C(O)C(O)C1O)NC(=O)CCCCCCC/C=C\CCCCCCCCCCCOC(=O)CCCCCCC/C=C\CCCCCCCCC. The highest BCUT2D eigenvalue weighted by molar-refractivity contribution is 5.76. The second-order valence-corrected chi connectivity index (χ2v) is 20.3. The minimum atomic E-state index is -1.58. The molecule has 1 heterocycles. The molecule has 0 radical (unpaired) electrons. The summed E-state index contributed by atoms with van der Waals surface area (Å²) in [4.78, 5) is 25.0. The molecule has 1 amide bonds. The van der Waals surface area contributed by atoms with Crippen molar-refractivity contribution >= 4 is 11.9 Å². The van der Waals surface area contributed by atoms with Crippen molar-refractivity contribution in [2.24, 2.45) is 0 Å². The molecule has 1 saturated heterocycles. The van der Waals surface area contributed by atoms with E-state index in [1.54, 1.807) is 6.08 Å². The van der Waals surface area contributed by atoms with Gasteiger partial charge in [-0.1, -0.05) is 197 Å². The molecule has 0 aliphatic carbocycles. The number of aliphatic hydroxyl groups excluding tert-OH is 5. The predicted molar refractivity (Wildman–Crippen MR) is 292 cm³/mol. The normalized spacial score (nSPS) is 19.5. The molecular weight excluding hydrogens is 895 g/mol. The zero-order valence-electron chi connectivity index (χ0n) is 45.4. The van der Waals surface area contributed by atoms with E-state index in [1.807, 2.05) is 6.08 Å². The number of allylic oxidation sites excluding steroid dienone is 7. The van der Waals surface area contributed by atoms with Gasteiger partial charge in [-0.15, -0.1) is 0 Å². The van der Waals surface area contributed by atoms with Crippen LogP contribution < -0.4 is 5.32 Å². The van der Waals surface area contributed by atoms with Crippen LogP contribution in [0.15, 0.2) is 48.6 Å². The molecule has 0 bridgehead atoms. The average molecular weight is 1000 g/mol. The number of unbranched alkanes of at least 4 members (excludes halogenated alkanes) is 30. The van der Waals surface area contributed by atoms with E-state index in [9.17, 15) is 35.1 Å². The lowest BCUT2D eigenvalue weighted by atomic mass is 9.99. The van der Waals surface area contributed by atoms with Crippen LogP contribution in [-0.2, 0) is 23.8 Å². The number of ether oxygens (including phenoxy) is 3. The molecule has 71 heavy (non-hydrogen) atoms. The summed E-state index contributed by atoms with van der Waals surface area (Å²) in [5, 5.41) is 54.1. The van der Waals surface area contributed by atoms with Crippen molar-refractivity contribution in [3.63, 3.8) is 0 Å². The molecule has 11 nitrogen and oxygen atoms in total.